The largest absolute Gasteiger partial charge is 0.378 e. The lowest BCUT2D eigenvalue weighted by Gasteiger charge is -2.15. The number of rotatable bonds is 11. The number of benzene rings is 1. The predicted molar refractivity (Wildman–Crippen MR) is 103 cm³/mol. The monoisotopic (exact) mass is 385 g/mol. The molecule has 0 radical (unpaired) electrons. The third-order valence-corrected chi connectivity index (χ3v) is 5.09. The lowest BCUT2D eigenvalue weighted by molar-refractivity contribution is -0.120. The first kappa shape index (κ1) is 22.6. The number of nitrogens with one attached hydrogen (secondary N) is 2. The molecular weight excluding hydrogens is 354 g/mol. The van der Waals surface area contributed by atoms with Gasteiger partial charge in [0.15, 0.2) is 0 Å². The highest BCUT2D eigenvalue weighted by Gasteiger charge is 2.14. The number of sulfonamides is 1. The first-order valence-corrected chi connectivity index (χ1v) is 10.5. The molecular formula is C18H31N3O4S. The fourth-order valence-corrected chi connectivity index (χ4v) is 2.98. The van der Waals surface area contributed by atoms with E-state index in [4.69, 9.17) is 10.5 Å². The Balaban J connectivity index is 2.36. The minimum absolute atomic E-state index is 0.0374. The number of nitrogens with two attached hydrogens (primary N) is 1. The van der Waals surface area contributed by atoms with Crippen LogP contribution in [0, 0.1) is 0 Å². The number of hydrogen-bond acceptors (Lipinski definition) is 5. The van der Waals surface area contributed by atoms with Crippen LogP contribution in [0.1, 0.15) is 50.8 Å². The molecule has 1 atom stereocenters. The summed E-state index contributed by atoms with van der Waals surface area (Å²) in [6, 6.07) is 7.59. The first-order valence-electron chi connectivity index (χ1n) is 8.81. The van der Waals surface area contributed by atoms with Crippen molar-refractivity contribution in [3.63, 3.8) is 0 Å². The molecule has 0 fully saturated rings. The van der Waals surface area contributed by atoms with Crippen molar-refractivity contribution in [3.8, 4) is 0 Å². The van der Waals surface area contributed by atoms with Crippen LogP contribution in [-0.4, -0.2) is 45.9 Å². The van der Waals surface area contributed by atoms with E-state index in [0.717, 1.165) is 5.56 Å². The maximum atomic E-state index is 11.8. The van der Waals surface area contributed by atoms with Crippen molar-refractivity contribution in [3.05, 3.63) is 35.4 Å². The van der Waals surface area contributed by atoms with E-state index in [-0.39, 0.29) is 37.6 Å². The first-order chi connectivity index (χ1) is 12.1. The van der Waals surface area contributed by atoms with Crippen LogP contribution in [-0.2, 0) is 19.6 Å². The number of carbonyl (C=O) groups is 1. The number of hydrogen-bond donors (Lipinski definition) is 3. The molecule has 1 rings (SSSR count). The topological polar surface area (TPSA) is 111 Å². The normalized spacial score (nSPS) is 13.2. The van der Waals surface area contributed by atoms with E-state index >= 15 is 0 Å². The zero-order chi connectivity index (χ0) is 19.7. The Morgan fingerprint density at radius 1 is 1.12 bits per heavy atom. The van der Waals surface area contributed by atoms with E-state index in [0.29, 0.717) is 5.92 Å². The van der Waals surface area contributed by atoms with Crippen molar-refractivity contribution < 1.29 is 17.9 Å². The maximum absolute atomic E-state index is 11.8. The third-order valence-electron chi connectivity index (χ3n) is 3.81. The van der Waals surface area contributed by atoms with Crippen molar-refractivity contribution in [2.24, 2.45) is 5.73 Å². The Morgan fingerprint density at radius 3 is 2.23 bits per heavy atom. The molecule has 0 saturated heterocycles. The molecule has 1 unspecified atom stereocenters. The number of ether oxygens (including phenoxy) is 1. The number of carbonyl (C=O) groups excluding carboxylic acids is 1. The molecule has 0 bridgehead atoms. The Labute approximate surface area is 156 Å². The Morgan fingerprint density at radius 2 is 1.69 bits per heavy atom. The highest BCUT2D eigenvalue weighted by Crippen LogP contribution is 2.17. The van der Waals surface area contributed by atoms with E-state index in [1.54, 1.807) is 0 Å². The summed E-state index contributed by atoms with van der Waals surface area (Å²) in [5.74, 6) is -0.160. The molecule has 26 heavy (non-hydrogen) atoms. The summed E-state index contributed by atoms with van der Waals surface area (Å²) < 4.78 is 31.0. The lowest BCUT2D eigenvalue weighted by atomic mass is 9.99. The molecule has 0 aromatic heterocycles. The standard InChI is InChI=1S/C18H31N3O4S/c1-13(2)15-5-7-16(8-6-15)17(19)11-20-18(22)12-21-26(23,24)10-9-25-14(3)4/h5-8,13-14,17,21H,9-12,19H2,1-4H3,(H,20,22). The SMILES string of the molecule is CC(C)OCCS(=O)(=O)NCC(=O)NCC(N)c1ccc(C(C)C)cc1. The van der Waals surface area contributed by atoms with Crippen LogP contribution in [0.2, 0.25) is 0 Å². The molecule has 0 aliphatic heterocycles. The van der Waals surface area contributed by atoms with Gasteiger partial charge >= 0.3 is 0 Å². The van der Waals surface area contributed by atoms with E-state index in [1.165, 1.54) is 5.56 Å². The lowest BCUT2D eigenvalue weighted by Crippen LogP contribution is -2.40. The van der Waals surface area contributed by atoms with Gasteiger partial charge in [-0.3, -0.25) is 4.79 Å². The fourth-order valence-electron chi connectivity index (χ4n) is 2.17. The zero-order valence-electron chi connectivity index (χ0n) is 16.0. The summed E-state index contributed by atoms with van der Waals surface area (Å²) in [4.78, 5) is 11.8. The molecule has 7 nitrogen and oxygen atoms in total. The van der Waals surface area contributed by atoms with Gasteiger partial charge < -0.3 is 15.8 Å². The summed E-state index contributed by atoms with van der Waals surface area (Å²) in [6.45, 7) is 7.89. The van der Waals surface area contributed by atoms with Crippen LogP contribution in [0.4, 0.5) is 0 Å². The second-order valence-corrected chi connectivity index (χ2v) is 8.72. The summed E-state index contributed by atoms with van der Waals surface area (Å²) in [5.41, 5.74) is 8.22. The van der Waals surface area contributed by atoms with Crippen LogP contribution in [0.5, 0.6) is 0 Å². The van der Waals surface area contributed by atoms with E-state index in [1.807, 2.05) is 38.1 Å². The van der Waals surface area contributed by atoms with Gasteiger partial charge in [0.2, 0.25) is 15.9 Å². The fraction of sp³-hybridized carbons (Fsp3) is 0.611. The van der Waals surface area contributed by atoms with Gasteiger partial charge in [-0.05, 0) is 30.9 Å². The van der Waals surface area contributed by atoms with Gasteiger partial charge in [-0.1, -0.05) is 38.1 Å². The molecule has 1 aromatic rings. The smallest absolute Gasteiger partial charge is 0.235 e. The van der Waals surface area contributed by atoms with Crippen LogP contribution in [0.15, 0.2) is 24.3 Å². The summed E-state index contributed by atoms with van der Waals surface area (Å²) >= 11 is 0. The minimum Gasteiger partial charge on any atom is -0.378 e. The van der Waals surface area contributed by atoms with Crippen molar-refractivity contribution in [2.75, 3.05) is 25.4 Å². The molecule has 1 aromatic carbocycles. The van der Waals surface area contributed by atoms with Gasteiger partial charge in [0.25, 0.3) is 0 Å². The van der Waals surface area contributed by atoms with Gasteiger partial charge in [-0.25, -0.2) is 13.1 Å². The zero-order valence-corrected chi connectivity index (χ0v) is 16.8. The summed E-state index contributed by atoms with van der Waals surface area (Å²) in [7, 11) is -3.54. The second kappa shape index (κ2) is 10.6. The molecule has 0 spiro atoms. The minimum atomic E-state index is -3.54. The molecule has 4 N–H and O–H groups in total. The molecule has 8 heteroatoms. The maximum Gasteiger partial charge on any atom is 0.235 e. The summed E-state index contributed by atoms with van der Waals surface area (Å²) in [6.07, 6.45) is -0.0374. The molecule has 148 valence electrons. The van der Waals surface area contributed by atoms with Gasteiger partial charge in [-0.15, -0.1) is 0 Å². The van der Waals surface area contributed by atoms with E-state index in [2.05, 4.69) is 23.9 Å². The van der Waals surface area contributed by atoms with E-state index in [9.17, 15) is 13.2 Å². The Kier molecular flexibility index (Phi) is 9.21. The Bertz CT molecular complexity index is 658. The van der Waals surface area contributed by atoms with Crippen molar-refractivity contribution in [1.29, 1.82) is 0 Å². The van der Waals surface area contributed by atoms with Crippen molar-refractivity contribution in [1.82, 2.24) is 10.0 Å². The average Bonchev–Trinajstić information content (AvgIpc) is 2.57. The number of amides is 1. The van der Waals surface area contributed by atoms with Gasteiger partial charge in [0.1, 0.15) is 0 Å². The molecule has 0 aliphatic rings. The Hall–Kier alpha value is -1.48. The van der Waals surface area contributed by atoms with Crippen LogP contribution in [0.25, 0.3) is 0 Å². The highest BCUT2D eigenvalue weighted by molar-refractivity contribution is 7.89. The predicted octanol–water partition coefficient (Wildman–Crippen LogP) is 1.27. The van der Waals surface area contributed by atoms with E-state index < -0.39 is 15.9 Å². The summed E-state index contributed by atoms with van der Waals surface area (Å²) in [5, 5.41) is 2.64. The third kappa shape index (κ3) is 8.75. The van der Waals surface area contributed by atoms with Crippen LogP contribution < -0.4 is 15.8 Å². The molecule has 1 amide bonds. The molecule has 0 saturated carbocycles. The van der Waals surface area contributed by atoms with Crippen molar-refractivity contribution >= 4 is 15.9 Å². The molecule has 0 aliphatic carbocycles. The quantitative estimate of drug-likeness (QED) is 0.531. The molecule has 0 heterocycles. The highest BCUT2D eigenvalue weighted by atomic mass is 32.2. The average molecular weight is 386 g/mol. The van der Waals surface area contributed by atoms with Crippen LogP contribution in [0.3, 0.4) is 0 Å². The van der Waals surface area contributed by atoms with Gasteiger partial charge in [0, 0.05) is 12.6 Å². The van der Waals surface area contributed by atoms with Gasteiger partial charge in [0.05, 0.1) is 25.0 Å². The second-order valence-electron chi connectivity index (χ2n) is 6.79. The van der Waals surface area contributed by atoms with Crippen LogP contribution >= 0.6 is 0 Å². The van der Waals surface area contributed by atoms with Gasteiger partial charge in [-0.2, -0.15) is 0 Å². The van der Waals surface area contributed by atoms with Crippen molar-refractivity contribution in [2.45, 2.75) is 45.8 Å².